The van der Waals surface area contributed by atoms with E-state index in [1.165, 1.54) is 11.0 Å². The minimum atomic E-state index is -0.782. The van der Waals surface area contributed by atoms with Crippen LogP contribution in [0.2, 0.25) is 0 Å². The van der Waals surface area contributed by atoms with Crippen LogP contribution in [-0.2, 0) is 4.79 Å². The lowest BCUT2D eigenvalue weighted by molar-refractivity contribution is -0.122. The summed E-state index contributed by atoms with van der Waals surface area (Å²) in [5.74, 6) is -0.514. The Kier molecular flexibility index (Phi) is 6.53. The van der Waals surface area contributed by atoms with Gasteiger partial charge in [-0.1, -0.05) is 6.07 Å². The van der Waals surface area contributed by atoms with Gasteiger partial charge in [0.1, 0.15) is 11.5 Å². The van der Waals surface area contributed by atoms with E-state index < -0.39 is 11.6 Å². The van der Waals surface area contributed by atoms with Crippen LogP contribution < -0.4 is 9.47 Å². The van der Waals surface area contributed by atoms with Crippen molar-refractivity contribution in [2.24, 2.45) is 4.99 Å². The highest BCUT2D eigenvalue weighted by atomic mass is 32.2. The third-order valence-corrected chi connectivity index (χ3v) is 5.12. The Morgan fingerprint density at radius 3 is 2.59 bits per heavy atom. The fourth-order valence-corrected chi connectivity index (χ4v) is 3.80. The first-order chi connectivity index (χ1) is 14.0. The van der Waals surface area contributed by atoms with Gasteiger partial charge in [0.2, 0.25) is 0 Å². The molecule has 1 heterocycles. The van der Waals surface area contributed by atoms with Crippen molar-refractivity contribution < 1.29 is 23.0 Å². The molecular weight excluding hydrogens is 398 g/mol. The van der Waals surface area contributed by atoms with Crippen LogP contribution in [0, 0.1) is 11.6 Å². The first-order valence-corrected chi connectivity index (χ1v) is 9.84. The Balaban J connectivity index is 1.94. The quantitative estimate of drug-likeness (QED) is 0.620. The van der Waals surface area contributed by atoms with Gasteiger partial charge in [-0.3, -0.25) is 9.69 Å². The average Bonchev–Trinajstić information content (AvgIpc) is 2.99. The van der Waals surface area contributed by atoms with E-state index in [4.69, 9.17) is 9.47 Å². The van der Waals surface area contributed by atoms with Gasteiger partial charge in [0.05, 0.1) is 18.6 Å². The van der Waals surface area contributed by atoms with E-state index >= 15 is 0 Å². The number of hydrogen-bond donors (Lipinski definition) is 0. The lowest BCUT2D eigenvalue weighted by Crippen LogP contribution is -2.28. The Labute approximate surface area is 172 Å². The molecule has 0 radical (unpaired) electrons. The fourth-order valence-electron chi connectivity index (χ4n) is 2.75. The van der Waals surface area contributed by atoms with Gasteiger partial charge < -0.3 is 9.47 Å². The van der Waals surface area contributed by atoms with E-state index in [1.807, 2.05) is 13.0 Å². The summed E-state index contributed by atoms with van der Waals surface area (Å²) in [5, 5.41) is 0.341. The number of aliphatic imine (C=N–C) groups is 1. The molecule has 0 aliphatic carbocycles. The average molecular weight is 418 g/mol. The van der Waals surface area contributed by atoms with Crippen molar-refractivity contribution in [3.8, 4) is 11.5 Å². The molecule has 0 atom stereocenters. The molecule has 5 nitrogen and oxygen atoms in total. The van der Waals surface area contributed by atoms with Crippen LogP contribution in [0.4, 0.5) is 14.5 Å². The number of carbonyl (C=O) groups excluding carboxylic acids is 1. The van der Waals surface area contributed by atoms with Crippen molar-refractivity contribution in [3.63, 3.8) is 0 Å². The van der Waals surface area contributed by atoms with Gasteiger partial charge in [0, 0.05) is 12.6 Å². The summed E-state index contributed by atoms with van der Waals surface area (Å²) in [5.41, 5.74) is 0.736. The smallest absolute Gasteiger partial charge is 0.266 e. The van der Waals surface area contributed by atoms with Gasteiger partial charge in [0.25, 0.3) is 5.91 Å². The van der Waals surface area contributed by atoms with Crippen LogP contribution in [0.15, 0.2) is 46.3 Å². The fraction of sp³-hybridized carbons (Fsp3) is 0.238. The molecule has 2 aromatic carbocycles. The molecule has 8 heteroatoms. The van der Waals surface area contributed by atoms with Crippen molar-refractivity contribution >= 4 is 34.6 Å². The molecule has 0 aromatic heterocycles. The minimum absolute atomic E-state index is 0.0236. The molecule has 152 valence electrons. The summed E-state index contributed by atoms with van der Waals surface area (Å²) in [6, 6.07) is 8.50. The molecule has 1 fully saturated rings. The minimum Gasteiger partial charge on any atom is -0.493 e. The summed E-state index contributed by atoms with van der Waals surface area (Å²) < 4.78 is 37.9. The maximum atomic E-state index is 14.0. The topological polar surface area (TPSA) is 51.1 Å². The summed E-state index contributed by atoms with van der Waals surface area (Å²) in [7, 11) is 1.56. The molecule has 3 rings (SSSR count). The van der Waals surface area contributed by atoms with Crippen molar-refractivity contribution in [1.29, 1.82) is 0 Å². The molecule has 1 saturated heterocycles. The monoisotopic (exact) mass is 418 g/mol. The number of likely N-dealkylation sites (N-methyl/N-ethyl adjacent to an activating group) is 1. The van der Waals surface area contributed by atoms with E-state index in [0.717, 1.165) is 29.5 Å². The van der Waals surface area contributed by atoms with Crippen LogP contribution in [0.3, 0.4) is 0 Å². The first kappa shape index (κ1) is 20.9. The van der Waals surface area contributed by atoms with Crippen LogP contribution in [0.1, 0.15) is 19.4 Å². The first-order valence-electron chi connectivity index (χ1n) is 9.02. The number of methoxy groups -OCH3 is 1. The van der Waals surface area contributed by atoms with Gasteiger partial charge in [-0.05, 0) is 61.5 Å². The summed E-state index contributed by atoms with van der Waals surface area (Å²) in [4.78, 5) is 18.9. The third kappa shape index (κ3) is 4.59. The van der Waals surface area contributed by atoms with E-state index in [9.17, 15) is 13.6 Å². The number of ether oxygens (including phenoxy) is 2. The van der Waals surface area contributed by atoms with Gasteiger partial charge in [-0.15, -0.1) is 0 Å². The molecule has 0 unspecified atom stereocenters. The zero-order valence-electron chi connectivity index (χ0n) is 16.2. The van der Waals surface area contributed by atoms with E-state index in [0.29, 0.717) is 34.7 Å². The van der Waals surface area contributed by atoms with E-state index in [1.54, 1.807) is 32.2 Å². The number of benzene rings is 2. The van der Waals surface area contributed by atoms with Crippen molar-refractivity contribution in [2.45, 2.75) is 13.8 Å². The summed E-state index contributed by atoms with van der Waals surface area (Å²) in [6.45, 7) is 4.53. The number of carbonyl (C=O) groups is 1. The number of thioether (sulfide) groups is 1. The molecule has 2 aromatic rings. The summed E-state index contributed by atoms with van der Waals surface area (Å²) in [6.07, 6.45) is 1.72. The molecule has 1 amide bonds. The van der Waals surface area contributed by atoms with Crippen LogP contribution in [0.25, 0.3) is 6.08 Å². The predicted molar refractivity (Wildman–Crippen MR) is 111 cm³/mol. The molecule has 0 bridgehead atoms. The molecule has 29 heavy (non-hydrogen) atoms. The highest BCUT2D eigenvalue weighted by Crippen LogP contribution is 2.36. The number of rotatable bonds is 6. The molecule has 0 N–H and O–H groups in total. The second-order valence-corrected chi connectivity index (χ2v) is 7.00. The van der Waals surface area contributed by atoms with Gasteiger partial charge in [0.15, 0.2) is 22.5 Å². The number of hydrogen-bond acceptors (Lipinski definition) is 5. The lowest BCUT2D eigenvalue weighted by Gasteiger charge is -2.12. The number of amides is 1. The third-order valence-electron chi connectivity index (χ3n) is 4.12. The second-order valence-electron chi connectivity index (χ2n) is 5.99. The van der Waals surface area contributed by atoms with Crippen LogP contribution >= 0.6 is 11.8 Å². The largest absolute Gasteiger partial charge is 0.493 e. The number of nitrogens with zero attached hydrogens (tertiary/aromatic N) is 2. The molecule has 1 aliphatic rings. The number of halogens is 2. The van der Waals surface area contributed by atoms with Gasteiger partial charge >= 0.3 is 0 Å². The standard InChI is InChI=1S/C21H20F2N2O3S/c1-4-25-20(26)19(11-13-6-9-17(27-3)18(10-13)28-5-2)29-21(25)24-16-8-7-14(22)12-15(16)23/h6-12H,4-5H2,1-3H3/b19-11+,24-21?. The maximum Gasteiger partial charge on any atom is 0.266 e. The lowest BCUT2D eigenvalue weighted by atomic mass is 10.2. The van der Waals surface area contributed by atoms with Gasteiger partial charge in [-0.2, -0.15) is 0 Å². The molecular formula is C21H20F2N2O3S. The highest BCUT2D eigenvalue weighted by molar-refractivity contribution is 8.18. The Morgan fingerprint density at radius 2 is 1.93 bits per heavy atom. The Bertz CT molecular complexity index is 992. The van der Waals surface area contributed by atoms with Crippen molar-refractivity contribution in [3.05, 3.63) is 58.5 Å². The zero-order chi connectivity index (χ0) is 21.0. The Hall–Kier alpha value is -2.87. The van der Waals surface area contributed by atoms with Crippen LogP contribution in [0.5, 0.6) is 11.5 Å². The van der Waals surface area contributed by atoms with Crippen molar-refractivity contribution in [2.75, 3.05) is 20.3 Å². The maximum absolute atomic E-state index is 14.0. The number of amidine groups is 1. The highest BCUT2D eigenvalue weighted by Gasteiger charge is 2.32. The van der Waals surface area contributed by atoms with Gasteiger partial charge in [-0.25, -0.2) is 13.8 Å². The molecule has 0 saturated carbocycles. The Morgan fingerprint density at radius 1 is 1.14 bits per heavy atom. The zero-order valence-corrected chi connectivity index (χ0v) is 17.1. The van der Waals surface area contributed by atoms with Crippen LogP contribution in [-0.4, -0.2) is 36.2 Å². The molecule has 0 spiro atoms. The SMILES string of the molecule is CCOc1cc(/C=C2/SC(=Nc3ccc(F)cc3F)N(CC)C2=O)ccc1OC. The summed E-state index contributed by atoms with van der Waals surface area (Å²) >= 11 is 1.14. The predicted octanol–water partition coefficient (Wildman–Crippen LogP) is 5.00. The second kappa shape index (κ2) is 9.09. The normalized spacial score (nSPS) is 16.7. The molecule has 1 aliphatic heterocycles. The van der Waals surface area contributed by atoms with E-state index in [-0.39, 0.29) is 11.6 Å². The van der Waals surface area contributed by atoms with Crippen molar-refractivity contribution in [1.82, 2.24) is 4.90 Å². The van der Waals surface area contributed by atoms with E-state index in [2.05, 4.69) is 4.99 Å².